The summed E-state index contributed by atoms with van der Waals surface area (Å²) in [5.41, 5.74) is -0.0738. The molecule has 0 bridgehead atoms. The monoisotopic (exact) mass is 269 g/mol. The average Bonchev–Trinajstić information content (AvgIpc) is 2.11. The molecule has 0 saturated heterocycles. The predicted molar refractivity (Wildman–Crippen MR) is 67.5 cm³/mol. The van der Waals surface area contributed by atoms with Crippen molar-refractivity contribution < 1.29 is 17.9 Å². The van der Waals surface area contributed by atoms with Gasteiger partial charge >= 0.3 is 6.18 Å². The van der Waals surface area contributed by atoms with Gasteiger partial charge in [-0.05, 0) is 23.8 Å². The van der Waals surface area contributed by atoms with E-state index in [1.807, 2.05) is 20.8 Å². The largest absolute Gasteiger partial charge is 0.411 e. The standard InChI is InChI=1S/C13H26F3NO/c1-10(2)6-17-7-11(12(3,4)5)8-18-9-13(14,15)16/h10-11,17H,6-9H2,1-5H3. The minimum absolute atomic E-state index is 0.0681. The van der Waals surface area contributed by atoms with Crippen LogP contribution in [0.3, 0.4) is 0 Å². The summed E-state index contributed by atoms with van der Waals surface area (Å²) in [4.78, 5) is 0. The molecule has 0 aromatic rings. The Hall–Kier alpha value is -0.290. The van der Waals surface area contributed by atoms with Crippen LogP contribution in [0, 0.1) is 17.3 Å². The lowest BCUT2D eigenvalue weighted by atomic mass is 9.81. The molecule has 0 aliphatic rings. The van der Waals surface area contributed by atoms with Gasteiger partial charge in [0.15, 0.2) is 0 Å². The zero-order chi connectivity index (χ0) is 14.4. The summed E-state index contributed by atoms with van der Waals surface area (Å²) >= 11 is 0. The molecule has 0 aromatic heterocycles. The van der Waals surface area contributed by atoms with Gasteiger partial charge in [-0.25, -0.2) is 0 Å². The Bertz CT molecular complexity index is 221. The quantitative estimate of drug-likeness (QED) is 0.764. The SMILES string of the molecule is CC(C)CNCC(COCC(F)(F)F)C(C)(C)C. The minimum Gasteiger partial charge on any atom is -0.372 e. The van der Waals surface area contributed by atoms with Crippen LogP contribution in [0.2, 0.25) is 0 Å². The first kappa shape index (κ1) is 17.7. The maximum atomic E-state index is 12.0. The molecule has 0 radical (unpaired) electrons. The predicted octanol–water partition coefficient (Wildman–Crippen LogP) is 3.47. The molecule has 0 spiro atoms. The van der Waals surface area contributed by atoms with Crippen LogP contribution in [0.4, 0.5) is 13.2 Å². The van der Waals surface area contributed by atoms with Gasteiger partial charge in [0.1, 0.15) is 6.61 Å². The Morgan fingerprint density at radius 3 is 2.00 bits per heavy atom. The van der Waals surface area contributed by atoms with Crippen molar-refractivity contribution in [1.82, 2.24) is 5.32 Å². The lowest BCUT2D eigenvalue weighted by molar-refractivity contribution is -0.178. The summed E-state index contributed by atoms with van der Waals surface area (Å²) in [5, 5.41) is 3.28. The maximum Gasteiger partial charge on any atom is 0.411 e. The van der Waals surface area contributed by atoms with Crippen molar-refractivity contribution in [2.24, 2.45) is 17.3 Å². The first-order valence-corrected chi connectivity index (χ1v) is 6.37. The maximum absolute atomic E-state index is 12.0. The Labute approximate surface area is 108 Å². The second kappa shape index (κ2) is 7.34. The van der Waals surface area contributed by atoms with Gasteiger partial charge in [-0.3, -0.25) is 0 Å². The molecule has 2 nitrogen and oxygen atoms in total. The van der Waals surface area contributed by atoms with E-state index in [0.29, 0.717) is 12.5 Å². The number of hydrogen-bond acceptors (Lipinski definition) is 2. The molecule has 0 aliphatic carbocycles. The van der Waals surface area contributed by atoms with Crippen molar-refractivity contribution in [2.45, 2.75) is 40.8 Å². The smallest absolute Gasteiger partial charge is 0.372 e. The van der Waals surface area contributed by atoms with Gasteiger partial charge in [0.25, 0.3) is 0 Å². The molecule has 0 aromatic carbocycles. The normalized spacial score (nSPS) is 15.2. The van der Waals surface area contributed by atoms with Crippen molar-refractivity contribution >= 4 is 0 Å². The van der Waals surface area contributed by atoms with Crippen molar-refractivity contribution in [3.05, 3.63) is 0 Å². The van der Waals surface area contributed by atoms with Crippen LogP contribution in [-0.4, -0.2) is 32.5 Å². The Morgan fingerprint density at radius 1 is 1.06 bits per heavy atom. The van der Waals surface area contributed by atoms with E-state index in [1.165, 1.54) is 0 Å². The van der Waals surface area contributed by atoms with Crippen molar-refractivity contribution in [1.29, 1.82) is 0 Å². The molecule has 0 aliphatic heterocycles. The van der Waals surface area contributed by atoms with Crippen LogP contribution < -0.4 is 5.32 Å². The second-order valence-electron chi connectivity index (χ2n) is 6.25. The number of hydrogen-bond donors (Lipinski definition) is 1. The van der Waals surface area contributed by atoms with Crippen LogP contribution >= 0.6 is 0 Å². The number of ether oxygens (including phenoxy) is 1. The van der Waals surface area contributed by atoms with Crippen molar-refractivity contribution in [3.8, 4) is 0 Å². The number of nitrogens with one attached hydrogen (secondary N) is 1. The van der Waals surface area contributed by atoms with Gasteiger partial charge in [0, 0.05) is 6.54 Å². The zero-order valence-electron chi connectivity index (χ0n) is 12.0. The van der Waals surface area contributed by atoms with Crippen molar-refractivity contribution in [2.75, 3.05) is 26.3 Å². The third kappa shape index (κ3) is 9.71. The summed E-state index contributed by atoms with van der Waals surface area (Å²) in [5.74, 6) is 0.598. The van der Waals surface area contributed by atoms with Gasteiger partial charge in [0.2, 0.25) is 0 Å². The average molecular weight is 269 g/mol. The van der Waals surface area contributed by atoms with Gasteiger partial charge in [-0.15, -0.1) is 0 Å². The third-order valence-electron chi connectivity index (χ3n) is 2.75. The summed E-state index contributed by atoms with van der Waals surface area (Å²) in [6.45, 7) is 10.8. The van der Waals surface area contributed by atoms with E-state index >= 15 is 0 Å². The first-order chi connectivity index (χ1) is 8.02. The summed E-state index contributed by atoms with van der Waals surface area (Å²) in [6.07, 6.45) is -4.24. The van der Waals surface area contributed by atoms with E-state index < -0.39 is 12.8 Å². The Morgan fingerprint density at radius 2 is 1.61 bits per heavy atom. The number of rotatable bonds is 7. The van der Waals surface area contributed by atoms with Gasteiger partial charge in [0.05, 0.1) is 6.61 Å². The molecule has 1 N–H and O–H groups in total. The molecule has 1 unspecified atom stereocenters. The van der Waals surface area contributed by atoms with Gasteiger partial charge in [-0.1, -0.05) is 34.6 Å². The minimum atomic E-state index is -4.24. The lowest BCUT2D eigenvalue weighted by Gasteiger charge is -2.31. The zero-order valence-corrected chi connectivity index (χ0v) is 12.0. The number of halogens is 3. The van der Waals surface area contributed by atoms with Crippen LogP contribution in [0.25, 0.3) is 0 Å². The van der Waals surface area contributed by atoms with E-state index in [2.05, 4.69) is 19.2 Å². The van der Waals surface area contributed by atoms with Crippen LogP contribution in [-0.2, 0) is 4.74 Å². The second-order valence-corrected chi connectivity index (χ2v) is 6.25. The molecule has 0 saturated carbocycles. The Kier molecular flexibility index (Phi) is 7.22. The molecule has 5 heteroatoms. The summed E-state index contributed by atoms with van der Waals surface area (Å²) in [7, 11) is 0. The fourth-order valence-electron chi connectivity index (χ4n) is 1.48. The molecular formula is C13H26F3NO. The lowest BCUT2D eigenvalue weighted by Crippen LogP contribution is -2.37. The first-order valence-electron chi connectivity index (χ1n) is 6.37. The highest BCUT2D eigenvalue weighted by atomic mass is 19.4. The van der Waals surface area contributed by atoms with Gasteiger partial charge < -0.3 is 10.1 Å². The summed E-state index contributed by atoms with van der Waals surface area (Å²) in [6, 6.07) is 0. The third-order valence-corrected chi connectivity index (χ3v) is 2.75. The molecule has 0 fully saturated rings. The van der Waals surface area contributed by atoms with E-state index in [-0.39, 0.29) is 17.9 Å². The molecule has 0 amide bonds. The summed E-state index contributed by atoms with van der Waals surface area (Å²) < 4.78 is 40.8. The number of alkyl halides is 3. The Balaban J connectivity index is 4.09. The van der Waals surface area contributed by atoms with E-state index in [0.717, 1.165) is 6.54 Å². The molecule has 0 rings (SSSR count). The van der Waals surface area contributed by atoms with Crippen LogP contribution in [0.1, 0.15) is 34.6 Å². The van der Waals surface area contributed by atoms with E-state index in [4.69, 9.17) is 4.74 Å². The van der Waals surface area contributed by atoms with Crippen LogP contribution in [0.5, 0.6) is 0 Å². The van der Waals surface area contributed by atoms with E-state index in [1.54, 1.807) is 0 Å². The van der Waals surface area contributed by atoms with Crippen LogP contribution in [0.15, 0.2) is 0 Å². The molecular weight excluding hydrogens is 243 g/mol. The highest BCUT2D eigenvalue weighted by Gasteiger charge is 2.30. The molecule has 0 heterocycles. The fourth-order valence-corrected chi connectivity index (χ4v) is 1.48. The van der Waals surface area contributed by atoms with E-state index in [9.17, 15) is 13.2 Å². The highest BCUT2D eigenvalue weighted by molar-refractivity contribution is 4.76. The topological polar surface area (TPSA) is 21.3 Å². The molecule has 18 heavy (non-hydrogen) atoms. The fraction of sp³-hybridized carbons (Fsp3) is 1.00. The van der Waals surface area contributed by atoms with Gasteiger partial charge in [-0.2, -0.15) is 13.2 Å². The highest BCUT2D eigenvalue weighted by Crippen LogP contribution is 2.26. The molecule has 110 valence electrons. The molecule has 1 atom stereocenters. The van der Waals surface area contributed by atoms with Crippen molar-refractivity contribution in [3.63, 3.8) is 0 Å².